The Morgan fingerprint density at radius 2 is 1.88 bits per heavy atom. The first-order valence-electron chi connectivity index (χ1n) is 8.12. The Kier molecular flexibility index (Phi) is 5.18. The number of halogens is 2. The molecule has 2 amide bonds. The van der Waals surface area contributed by atoms with Gasteiger partial charge < -0.3 is 10.2 Å². The predicted octanol–water partition coefficient (Wildman–Crippen LogP) is 4.38. The van der Waals surface area contributed by atoms with Gasteiger partial charge in [0.05, 0.1) is 11.3 Å². The number of likely N-dealkylation sites (tertiary alicyclic amines) is 1. The molecule has 0 spiro atoms. The third kappa shape index (κ3) is 3.90. The van der Waals surface area contributed by atoms with E-state index in [9.17, 15) is 14.0 Å². The van der Waals surface area contributed by atoms with Crippen molar-refractivity contribution < 1.29 is 14.0 Å². The molecule has 3 rings (SSSR count). The SMILES string of the molecule is Cc1cccc(C(=O)N2CCCC2)c1NC(=O)c1cc(F)cc(Br)c1. The fourth-order valence-corrected chi connectivity index (χ4v) is 3.44. The second-order valence-corrected chi connectivity index (χ2v) is 7.02. The number of nitrogens with one attached hydrogen (secondary N) is 1. The van der Waals surface area contributed by atoms with Crippen LogP contribution in [0.5, 0.6) is 0 Å². The van der Waals surface area contributed by atoms with Gasteiger partial charge in [0, 0.05) is 23.1 Å². The molecule has 0 saturated carbocycles. The second kappa shape index (κ2) is 7.35. The highest BCUT2D eigenvalue weighted by Crippen LogP contribution is 2.25. The molecule has 0 unspecified atom stereocenters. The largest absolute Gasteiger partial charge is 0.339 e. The Hall–Kier alpha value is -2.21. The summed E-state index contributed by atoms with van der Waals surface area (Å²) in [6.07, 6.45) is 1.99. The molecule has 0 radical (unpaired) electrons. The topological polar surface area (TPSA) is 49.4 Å². The molecule has 1 aliphatic rings. The minimum absolute atomic E-state index is 0.0862. The molecule has 2 aromatic rings. The van der Waals surface area contributed by atoms with Gasteiger partial charge in [-0.25, -0.2) is 4.39 Å². The van der Waals surface area contributed by atoms with E-state index in [0.717, 1.165) is 31.5 Å². The third-order valence-corrected chi connectivity index (χ3v) is 4.72. The lowest BCUT2D eigenvalue weighted by Crippen LogP contribution is -2.29. The molecular formula is C19H18BrFN2O2. The van der Waals surface area contributed by atoms with Crippen molar-refractivity contribution in [3.63, 3.8) is 0 Å². The van der Waals surface area contributed by atoms with Crippen LogP contribution in [0.3, 0.4) is 0 Å². The van der Waals surface area contributed by atoms with E-state index in [-0.39, 0.29) is 11.5 Å². The minimum Gasteiger partial charge on any atom is -0.339 e. The van der Waals surface area contributed by atoms with Crippen LogP contribution in [-0.2, 0) is 0 Å². The van der Waals surface area contributed by atoms with Crippen LogP contribution in [0.25, 0.3) is 0 Å². The van der Waals surface area contributed by atoms with E-state index in [4.69, 9.17) is 0 Å². The number of benzene rings is 2. The Labute approximate surface area is 154 Å². The minimum atomic E-state index is -0.502. The van der Waals surface area contributed by atoms with Crippen LogP contribution in [0.2, 0.25) is 0 Å². The summed E-state index contributed by atoms with van der Waals surface area (Å²) in [5.74, 6) is -1.04. The zero-order valence-electron chi connectivity index (χ0n) is 13.8. The quantitative estimate of drug-likeness (QED) is 0.824. The molecule has 0 bridgehead atoms. The van der Waals surface area contributed by atoms with E-state index in [1.807, 2.05) is 13.0 Å². The summed E-state index contributed by atoms with van der Waals surface area (Å²) in [5, 5.41) is 2.78. The normalized spacial score (nSPS) is 13.8. The average Bonchev–Trinajstić information content (AvgIpc) is 3.09. The first-order chi connectivity index (χ1) is 12.0. The number of aryl methyl sites for hydroxylation is 1. The van der Waals surface area contributed by atoms with Gasteiger partial charge in [-0.05, 0) is 49.6 Å². The van der Waals surface area contributed by atoms with E-state index >= 15 is 0 Å². The van der Waals surface area contributed by atoms with E-state index in [1.165, 1.54) is 12.1 Å². The molecule has 130 valence electrons. The van der Waals surface area contributed by atoms with E-state index in [0.29, 0.717) is 15.7 Å². The number of rotatable bonds is 3. The maximum Gasteiger partial charge on any atom is 0.255 e. The highest BCUT2D eigenvalue weighted by atomic mass is 79.9. The van der Waals surface area contributed by atoms with Gasteiger partial charge in [0.15, 0.2) is 0 Å². The number of anilines is 1. The number of hydrogen-bond acceptors (Lipinski definition) is 2. The molecule has 6 heteroatoms. The lowest BCUT2D eigenvalue weighted by Gasteiger charge is -2.19. The number of para-hydroxylation sites is 1. The van der Waals surface area contributed by atoms with Crippen molar-refractivity contribution in [1.82, 2.24) is 4.90 Å². The molecule has 1 saturated heterocycles. The molecule has 0 atom stereocenters. The highest BCUT2D eigenvalue weighted by Gasteiger charge is 2.23. The number of carbonyl (C=O) groups is 2. The van der Waals surface area contributed by atoms with Crippen molar-refractivity contribution in [3.05, 3.63) is 63.4 Å². The second-order valence-electron chi connectivity index (χ2n) is 6.11. The Morgan fingerprint density at radius 3 is 2.56 bits per heavy atom. The number of hydrogen-bond donors (Lipinski definition) is 1. The number of nitrogens with zero attached hydrogens (tertiary/aromatic N) is 1. The zero-order chi connectivity index (χ0) is 18.0. The fraction of sp³-hybridized carbons (Fsp3) is 0.263. The van der Waals surface area contributed by atoms with Crippen molar-refractivity contribution >= 4 is 33.4 Å². The van der Waals surface area contributed by atoms with Gasteiger partial charge in [0.2, 0.25) is 0 Å². The molecular weight excluding hydrogens is 387 g/mol. The molecule has 2 aromatic carbocycles. The number of carbonyl (C=O) groups excluding carboxylic acids is 2. The Balaban J connectivity index is 1.91. The third-order valence-electron chi connectivity index (χ3n) is 4.26. The predicted molar refractivity (Wildman–Crippen MR) is 98.4 cm³/mol. The van der Waals surface area contributed by atoms with Crippen LogP contribution in [0.1, 0.15) is 39.1 Å². The molecule has 1 heterocycles. The van der Waals surface area contributed by atoms with Gasteiger partial charge in [-0.15, -0.1) is 0 Å². The molecule has 1 N–H and O–H groups in total. The summed E-state index contributed by atoms with van der Waals surface area (Å²) in [5.41, 5.74) is 1.92. The van der Waals surface area contributed by atoms with Crippen LogP contribution in [0, 0.1) is 12.7 Å². The van der Waals surface area contributed by atoms with Crippen molar-refractivity contribution in [2.75, 3.05) is 18.4 Å². The standard InChI is InChI=1S/C19H18BrFN2O2/c1-12-5-4-6-16(19(25)23-7-2-3-8-23)17(12)22-18(24)13-9-14(20)11-15(21)10-13/h4-6,9-11H,2-3,7-8H2,1H3,(H,22,24). The van der Waals surface area contributed by atoms with Gasteiger partial charge in [-0.2, -0.15) is 0 Å². The summed E-state index contributed by atoms with van der Waals surface area (Å²) in [6, 6.07) is 9.33. The summed E-state index contributed by atoms with van der Waals surface area (Å²) in [6.45, 7) is 3.30. The lowest BCUT2D eigenvalue weighted by atomic mass is 10.1. The van der Waals surface area contributed by atoms with Crippen LogP contribution in [0.4, 0.5) is 10.1 Å². The maximum absolute atomic E-state index is 13.5. The lowest BCUT2D eigenvalue weighted by molar-refractivity contribution is 0.0794. The monoisotopic (exact) mass is 404 g/mol. The summed E-state index contributed by atoms with van der Waals surface area (Å²) in [7, 11) is 0. The number of amides is 2. The molecule has 1 aliphatic heterocycles. The molecule has 0 aromatic heterocycles. The average molecular weight is 405 g/mol. The van der Waals surface area contributed by atoms with Gasteiger partial charge in [-0.3, -0.25) is 9.59 Å². The molecule has 0 aliphatic carbocycles. The zero-order valence-corrected chi connectivity index (χ0v) is 15.4. The maximum atomic E-state index is 13.5. The summed E-state index contributed by atoms with van der Waals surface area (Å²) in [4.78, 5) is 27.1. The first kappa shape index (κ1) is 17.6. The summed E-state index contributed by atoms with van der Waals surface area (Å²) < 4.78 is 14.0. The van der Waals surface area contributed by atoms with Crippen LogP contribution >= 0.6 is 15.9 Å². The van der Waals surface area contributed by atoms with Crippen molar-refractivity contribution in [3.8, 4) is 0 Å². The molecule has 25 heavy (non-hydrogen) atoms. The van der Waals surface area contributed by atoms with Crippen molar-refractivity contribution in [1.29, 1.82) is 0 Å². The van der Waals surface area contributed by atoms with Gasteiger partial charge in [0.25, 0.3) is 11.8 Å². The van der Waals surface area contributed by atoms with E-state index < -0.39 is 11.7 Å². The molecule has 1 fully saturated rings. The van der Waals surface area contributed by atoms with Gasteiger partial charge in [0.1, 0.15) is 5.82 Å². The Bertz CT molecular complexity index is 812. The van der Waals surface area contributed by atoms with Crippen LogP contribution in [0.15, 0.2) is 40.9 Å². The fourth-order valence-electron chi connectivity index (χ4n) is 2.97. The van der Waals surface area contributed by atoms with Crippen LogP contribution in [-0.4, -0.2) is 29.8 Å². The Morgan fingerprint density at radius 1 is 1.16 bits per heavy atom. The molecule has 4 nitrogen and oxygen atoms in total. The van der Waals surface area contributed by atoms with Crippen LogP contribution < -0.4 is 5.32 Å². The smallest absolute Gasteiger partial charge is 0.255 e. The first-order valence-corrected chi connectivity index (χ1v) is 8.91. The van der Waals surface area contributed by atoms with E-state index in [1.54, 1.807) is 23.1 Å². The van der Waals surface area contributed by atoms with Gasteiger partial charge >= 0.3 is 0 Å². The summed E-state index contributed by atoms with van der Waals surface area (Å²) >= 11 is 3.18. The van der Waals surface area contributed by atoms with E-state index in [2.05, 4.69) is 21.2 Å². The van der Waals surface area contributed by atoms with Crippen molar-refractivity contribution in [2.24, 2.45) is 0 Å². The van der Waals surface area contributed by atoms with Gasteiger partial charge in [-0.1, -0.05) is 28.1 Å². The highest BCUT2D eigenvalue weighted by molar-refractivity contribution is 9.10. The van der Waals surface area contributed by atoms with Crippen molar-refractivity contribution in [2.45, 2.75) is 19.8 Å².